The Bertz CT molecular complexity index is 810. The second-order valence-electron chi connectivity index (χ2n) is 6.06. The standard InChI is InChI=1S/C20H24BrFN4O/c1-14-6-7-16(21)13-18(14)26-19(27)9-11-25-20(23-2)24-10-8-15-4-3-5-17(22)12-15/h3-7,12-13H,8-11H2,1-2H3,(H,26,27)(H2,23,24,25). The third kappa shape index (κ3) is 7.38. The number of carbonyl (C=O) groups excluding carboxylic acids is 1. The van der Waals surface area contributed by atoms with Crippen LogP contribution in [0.3, 0.4) is 0 Å². The molecule has 0 spiro atoms. The van der Waals surface area contributed by atoms with Crippen molar-refractivity contribution < 1.29 is 9.18 Å². The molecule has 0 aromatic heterocycles. The summed E-state index contributed by atoms with van der Waals surface area (Å²) in [5.41, 5.74) is 2.73. The average molecular weight is 435 g/mol. The van der Waals surface area contributed by atoms with Gasteiger partial charge in [-0.25, -0.2) is 4.39 Å². The van der Waals surface area contributed by atoms with Crippen molar-refractivity contribution in [2.24, 2.45) is 4.99 Å². The van der Waals surface area contributed by atoms with Crippen molar-refractivity contribution in [3.63, 3.8) is 0 Å². The number of carbonyl (C=O) groups is 1. The summed E-state index contributed by atoms with van der Waals surface area (Å²) < 4.78 is 14.1. The summed E-state index contributed by atoms with van der Waals surface area (Å²) >= 11 is 3.40. The van der Waals surface area contributed by atoms with Crippen LogP contribution in [0.5, 0.6) is 0 Å². The van der Waals surface area contributed by atoms with Crippen LogP contribution < -0.4 is 16.0 Å². The zero-order valence-electron chi connectivity index (χ0n) is 15.5. The molecule has 0 saturated carbocycles. The molecule has 0 radical (unpaired) electrons. The Morgan fingerprint density at radius 2 is 1.93 bits per heavy atom. The summed E-state index contributed by atoms with van der Waals surface area (Å²) in [6.45, 7) is 3.02. The molecule has 0 aliphatic heterocycles. The molecule has 3 N–H and O–H groups in total. The molecule has 0 bridgehead atoms. The fourth-order valence-corrected chi connectivity index (χ4v) is 2.84. The first-order chi connectivity index (χ1) is 13.0. The number of amides is 1. The molecule has 1 amide bonds. The average Bonchev–Trinajstić information content (AvgIpc) is 2.63. The largest absolute Gasteiger partial charge is 0.356 e. The van der Waals surface area contributed by atoms with Crippen LogP contribution in [0.1, 0.15) is 17.5 Å². The summed E-state index contributed by atoms with van der Waals surface area (Å²) in [4.78, 5) is 16.2. The van der Waals surface area contributed by atoms with E-state index in [2.05, 4.69) is 36.9 Å². The minimum absolute atomic E-state index is 0.0705. The van der Waals surface area contributed by atoms with Crippen molar-refractivity contribution in [1.82, 2.24) is 10.6 Å². The van der Waals surface area contributed by atoms with Crippen LogP contribution in [-0.4, -0.2) is 32.0 Å². The summed E-state index contributed by atoms with van der Waals surface area (Å²) in [7, 11) is 1.67. The monoisotopic (exact) mass is 434 g/mol. The number of benzene rings is 2. The van der Waals surface area contributed by atoms with E-state index >= 15 is 0 Å². The Balaban J connectivity index is 1.71. The molecule has 2 aromatic rings. The predicted octanol–water partition coefficient (Wildman–Crippen LogP) is 3.63. The molecule has 27 heavy (non-hydrogen) atoms. The van der Waals surface area contributed by atoms with Gasteiger partial charge in [0.1, 0.15) is 5.82 Å². The van der Waals surface area contributed by atoms with E-state index in [0.717, 1.165) is 21.3 Å². The van der Waals surface area contributed by atoms with Gasteiger partial charge < -0.3 is 16.0 Å². The Morgan fingerprint density at radius 3 is 2.67 bits per heavy atom. The molecular formula is C20H24BrFN4O. The minimum Gasteiger partial charge on any atom is -0.356 e. The van der Waals surface area contributed by atoms with E-state index in [1.807, 2.05) is 31.2 Å². The topological polar surface area (TPSA) is 65.5 Å². The van der Waals surface area contributed by atoms with Crippen molar-refractivity contribution in [3.05, 3.63) is 63.9 Å². The molecule has 0 unspecified atom stereocenters. The van der Waals surface area contributed by atoms with Gasteiger partial charge in [0.05, 0.1) is 0 Å². The van der Waals surface area contributed by atoms with E-state index in [9.17, 15) is 9.18 Å². The Kier molecular flexibility index (Phi) is 8.26. The molecule has 2 rings (SSSR count). The van der Waals surface area contributed by atoms with Gasteiger partial charge in [-0.15, -0.1) is 0 Å². The summed E-state index contributed by atoms with van der Waals surface area (Å²) in [6.07, 6.45) is 0.998. The van der Waals surface area contributed by atoms with Crippen LogP contribution in [0.2, 0.25) is 0 Å². The maximum absolute atomic E-state index is 13.2. The zero-order valence-corrected chi connectivity index (χ0v) is 17.1. The van der Waals surface area contributed by atoms with Crippen molar-refractivity contribution >= 4 is 33.5 Å². The Morgan fingerprint density at radius 1 is 1.15 bits per heavy atom. The Hall–Kier alpha value is -2.41. The fourth-order valence-electron chi connectivity index (χ4n) is 2.47. The second kappa shape index (κ2) is 10.7. The number of rotatable bonds is 7. The number of anilines is 1. The summed E-state index contributed by atoms with van der Waals surface area (Å²) in [6, 6.07) is 12.3. The molecule has 5 nitrogen and oxygen atoms in total. The molecule has 0 saturated heterocycles. The molecule has 0 aliphatic rings. The number of guanidine groups is 1. The van der Waals surface area contributed by atoms with Gasteiger partial charge in [0.15, 0.2) is 5.96 Å². The summed E-state index contributed by atoms with van der Waals surface area (Å²) in [5.74, 6) is 0.304. The molecule has 0 aliphatic carbocycles. The number of halogens is 2. The van der Waals surface area contributed by atoms with Crippen LogP contribution in [-0.2, 0) is 11.2 Å². The van der Waals surface area contributed by atoms with Crippen molar-refractivity contribution in [3.8, 4) is 0 Å². The lowest BCUT2D eigenvalue weighted by molar-refractivity contribution is -0.116. The van der Waals surface area contributed by atoms with Gasteiger partial charge in [0.2, 0.25) is 5.91 Å². The first-order valence-electron chi connectivity index (χ1n) is 8.73. The number of hydrogen-bond donors (Lipinski definition) is 3. The highest BCUT2D eigenvalue weighted by molar-refractivity contribution is 9.10. The lowest BCUT2D eigenvalue weighted by atomic mass is 10.1. The maximum Gasteiger partial charge on any atom is 0.226 e. The van der Waals surface area contributed by atoms with Crippen molar-refractivity contribution in [2.75, 3.05) is 25.5 Å². The first-order valence-corrected chi connectivity index (χ1v) is 9.52. The molecule has 2 aromatic carbocycles. The van der Waals surface area contributed by atoms with Crippen molar-refractivity contribution in [1.29, 1.82) is 0 Å². The highest BCUT2D eigenvalue weighted by Crippen LogP contribution is 2.20. The minimum atomic E-state index is -0.235. The van der Waals surface area contributed by atoms with Gasteiger partial charge in [-0.1, -0.05) is 34.1 Å². The zero-order chi connectivity index (χ0) is 19.6. The molecular weight excluding hydrogens is 411 g/mol. The van der Waals surface area contributed by atoms with Crippen LogP contribution in [0.15, 0.2) is 51.9 Å². The van der Waals surface area contributed by atoms with E-state index in [1.165, 1.54) is 12.1 Å². The third-order valence-electron chi connectivity index (χ3n) is 3.94. The molecule has 7 heteroatoms. The third-order valence-corrected chi connectivity index (χ3v) is 4.43. The van der Waals surface area contributed by atoms with Crippen LogP contribution in [0, 0.1) is 12.7 Å². The smallest absolute Gasteiger partial charge is 0.226 e. The van der Waals surface area contributed by atoms with Gasteiger partial charge in [-0.3, -0.25) is 9.79 Å². The quantitative estimate of drug-likeness (QED) is 0.460. The Labute approximate surface area is 167 Å². The van der Waals surface area contributed by atoms with Gasteiger partial charge in [-0.05, 0) is 48.7 Å². The van der Waals surface area contributed by atoms with Gasteiger partial charge in [-0.2, -0.15) is 0 Å². The maximum atomic E-state index is 13.2. The number of nitrogens with one attached hydrogen (secondary N) is 3. The number of hydrogen-bond acceptors (Lipinski definition) is 2. The molecule has 0 heterocycles. The first kappa shape index (κ1) is 20.9. The number of aliphatic imine (C=N–C) groups is 1. The molecule has 0 fully saturated rings. The number of aryl methyl sites for hydroxylation is 1. The van der Waals surface area contributed by atoms with Gasteiger partial charge >= 0.3 is 0 Å². The van der Waals surface area contributed by atoms with Gasteiger partial charge in [0.25, 0.3) is 0 Å². The predicted molar refractivity (Wildman–Crippen MR) is 112 cm³/mol. The highest BCUT2D eigenvalue weighted by atomic mass is 79.9. The normalized spacial score (nSPS) is 11.2. The van der Waals surface area contributed by atoms with Crippen LogP contribution >= 0.6 is 15.9 Å². The molecule has 144 valence electrons. The highest BCUT2D eigenvalue weighted by Gasteiger charge is 2.06. The van der Waals surface area contributed by atoms with Crippen molar-refractivity contribution in [2.45, 2.75) is 19.8 Å². The lowest BCUT2D eigenvalue weighted by Crippen LogP contribution is -2.39. The van der Waals surface area contributed by atoms with E-state index in [1.54, 1.807) is 13.1 Å². The van der Waals surface area contributed by atoms with Crippen LogP contribution in [0.4, 0.5) is 10.1 Å². The lowest BCUT2D eigenvalue weighted by Gasteiger charge is -2.12. The number of nitrogens with zero attached hydrogens (tertiary/aromatic N) is 1. The molecule has 0 atom stereocenters. The van der Waals surface area contributed by atoms with E-state index in [0.29, 0.717) is 31.9 Å². The van der Waals surface area contributed by atoms with E-state index in [4.69, 9.17) is 0 Å². The second-order valence-corrected chi connectivity index (χ2v) is 6.98. The van der Waals surface area contributed by atoms with Crippen LogP contribution in [0.25, 0.3) is 0 Å². The summed E-state index contributed by atoms with van der Waals surface area (Å²) in [5, 5.41) is 9.17. The van der Waals surface area contributed by atoms with E-state index in [-0.39, 0.29) is 11.7 Å². The fraction of sp³-hybridized carbons (Fsp3) is 0.300. The van der Waals surface area contributed by atoms with Gasteiger partial charge in [0, 0.05) is 36.7 Å². The van der Waals surface area contributed by atoms with E-state index < -0.39 is 0 Å². The SMILES string of the molecule is CN=C(NCCC(=O)Nc1cc(Br)ccc1C)NCCc1cccc(F)c1.